The molecule has 2 nitrogen and oxygen atoms in total. The average molecular weight is 341 g/mol. The van der Waals surface area contributed by atoms with E-state index in [0.29, 0.717) is 27.3 Å². The highest BCUT2D eigenvalue weighted by atomic mass is 35.5. The van der Waals surface area contributed by atoms with Crippen LogP contribution in [0.3, 0.4) is 0 Å². The van der Waals surface area contributed by atoms with Crippen molar-refractivity contribution in [3.8, 4) is 0 Å². The lowest BCUT2D eigenvalue weighted by Crippen LogP contribution is -2.22. The fraction of sp³-hybridized carbons (Fsp3) is 0.211. The van der Waals surface area contributed by atoms with Gasteiger partial charge in [-0.15, -0.1) is 0 Å². The third-order valence-corrected chi connectivity index (χ3v) is 4.13. The van der Waals surface area contributed by atoms with Crippen LogP contribution < -0.4 is 10.8 Å². The van der Waals surface area contributed by atoms with E-state index >= 15 is 4.39 Å². The molecule has 1 heterocycles. The molecule has 5 heteroatoms. The Labute approximate surface area is 148 Å². The quantitative estimate of drug-likeness (QED) is 0.799. The van der Waals surface area contributed by atoms with Gasteiger partial charge >= 0.3 is 0 Å². The summed E-state index contributed by atoms with van der Waals surface area (Å²) in [5, 5.41) is 3.38. The summed E-state index contributed by atoms with van der Waals surface area (Å²) in [7, 11) is 5.65. The maximum absolute atomic E-state index is 15.2. The lowest BCUT2D eigenvalue weighted by atomic mass is 9.91. The van der Waals surface area contributed by atoms with Crippen LogP contribution >= 0.6 is 11.6 Å². The molecule has 0 saturated carbocycles. The smallest absolute Gasteiger partial charge is 0.137 e. The Bertz CT molecular complexity index is 757. The molecule has 1 aromatic carbocycles. The molecule has 0 fully saturated rings. The molecule has 2 aromatic rings. The van der Waals surface area contributed by atoms with Crippen molar-refractivity contribution in [3.05, 3.63) is 77.5 Å². The molecular weight excluding hydrogens is 321 g/mol. The number of halogens is 2. The largest absolute Gasteiger partial charge is 0.384 e. The van der Waals surface area contributed by atoms with Gasteiger partial charge in [-0.25, -0.2) is 4.39 Å². The van der Waals surface area contributed by atoms with E-state index in [9.17, 15) is 0 Å². The van der Waals surface area contributed by atoms with Crippen LogP contribution in [-0.4, -0.2) is 12.8 Å². The van der Waals surface area contributed by atoms with Crippen LogP contribution in [0, 0.1) is 11.7 Å². The Hall–Kier alpha value is -2.07. The van der Waals surface area contributed by atoms with Gasteiger partial charge in [0, 0.05) is 22.9 Å². The zero-order chi connectivity index (χ0) is 17.9. The highest BCUT2D eigenvalue weighted by Gasteiger charge is 2.23. The van der Waals surface area contributed by atoms with Crippen molar-refractivity contribution < 1.29 is 4.39 Å². The first-order valence-electron chi connectivity index (χ1n) is 7.62. The van der Waals surface area contributed by atoms with Gasteiger partial charge in [-0.1, -0.05) is 56.2 Å². The molecule has 0 aliphatic heterocycles. The summed E-state index contributed by atoms with van der Waals surface area (Å²) in [6.07, 6.45) is 3.07. The van der Waals surface area contributed by atoms with Crippen LogP contribution in [0.1, 0.15) is 36.7 Å². The third-order valence-electron chi connectivity index (χ3n) is 3.82. The monoisotopic (exact) mass is 340 g/mol. The second-order valence-corrected chi connectivity index (χ2v) is 6.28. The molecule has 122 valence electrons. The summed E-state index contributed by atoms with van der Waals surface area (Å²) < 4.78 is 15.2. The Morgan fingerprint density at radius 3 is 2.58 bits per heavy atom. The Morgan fingerprint density at radius 2 is 2.04 bits per heavy atom. The molecule has 0 bridgehead atoms. The zero-order valence-corrected chi connectivity index (χ0v) is 14.6. The normalized spacial score (nSPS) is 12.0. The molecule has 24 heavy (non-hydrogen) atoms. The fourth-order valence-electron chi connectivity index (χ4n) is 2.57. The van der Waals surface area contributed by atoms with Gasteiger partial charge in [-0.3, -0.25) is 4.98 Å². The van der Waals surface area contributed by atoms with Gasteiger partial charge in [-0.05, 0) is 24.3 Å². The summed E-state index contributed by atoms with van der Waals surface area (Å²) in [6.45, 7) is 11.6. The van der Waals surface area contributed by atoms with Crippen LogP contribution in [0.15, 0.2) is 49.8 Å². The highest BCUT2D eigenvalue weighted by Crippen LogP contribution is 2.35. The molecule has 0 spiro atoms. The molecule has 1 unspecified atom stereocenters. The first-order valence-corrected chi connectivity index (χ1v) is 8.00. The minimum atomic E-state index is -0.404. The average Bonchev–Trinajstić information content (AvgIpc) is 2.54. The Morgan fingerprint density at radius 1 is 1.33 bits per heavy atom. The molecule has 2 radical (unpaired) electrons. The predicted octanol–water partition coefficient (Wildman–Crippen LogP) is 4.16. The van der Waals surface area contributed by atoms with Gasteiger partial charge in [-0.2, -0.15) is 0 Å². The SMILES string of the molecule is [B]c1ccc(C(=C)c2c(Cl)ccc(C(NC=C)C(C)C)c2F)nc1. The third kappa shape index (κ3) is 3.70. The van der Waals surface area contributed by atoms with Crippen molar-refractivity contribution in [3.63, 3.8) is 0 Å². The van der Waals surface area contributed by atoms with Crippen molar-refractivity contribution in [1.29, 1.82) is 0 Å². The van der Waals surface area contributed by atoms with Crippen LogP contribution in [0.2, 0.25) is 5.02 Å². The number of rotatable bonds is 6. The summed E-state index contributed by atoms with van der Waals surface area (Å²) in [6, 6.07) is 6.54. The van der Waals surface area contributed by atoms with Gasteiger partial charge < -0.3 is 5.32 Å². The molecule has 2 rings (SSSR count). The van der Waals surface area contributed by atoms with Crippen molar-refractivity contribution in [2.24, 2.45) is 5.92 Å². The first kappa shape index (κ1) is 18.3. The molecule has 1 N–H and O–H groups in total. The number of nitrogens with one attached hydrogen (secondary N) is 1. The van der Waals surface area contributed by atoms with Crippen molar-refractivity contribution >= 4 is 30.5 Å². The predicted molar refractivity (Wildman–Crippen MR) is 100 cm³/mol. The minimum Gasteiger partial charge on any atom is -0.384 e. The van der Waals surface area contributed by atoms with E-state index in [-0.39, 0.29) is 17.5 Å². The summed E-state index contributed by atoms with van der Waals surface area (Å²) >= 11 is 6.24. The molecule has 0 aliphatic carbocycles. The van der Waals surface area contributed by atoms with E-state index in [1.54, 1.807) is 30.5 Å². The van der Waals surface area contributed by atoms with Crippen LogP contribution in [0.5, 0.6) is 0 Å². The van der Waals surface area contributed by atoms with Crippen LogP contribution in [0.4, 0.5) is 4.39 Å². The maximum atomic E-state index is 15.2. The van der Waals surface area contributed by atoms with Crippen LogP contribution in [-0.2, 0) is 0 Å². The standard InChI is InChI=1S/C19H19BClFN2/c1-5-23-19(11(2)3)14-7-8-15(21)17(18(14)22)12(4)16-9-6-13(20)10-24-16/h5-11,19,23H,1,4H2,2-3H3. The number of hydrogen-bond donors (Lipinski definition) is 1. The second kappa shape index (κ2) is 7.67. The summed E-state index contributed by atoms with van der Waals surface area (Å²) in [5.74, 6) is -0.242. The van der Waals surface area contributed by atoms with E-state index in [4.69, 9.17) is 19.4 Å². The molecule has 1 atom stereocenters. The van der Waals surface area contributed by atoms with Crippen molar-refractivity contribution in [2.75, 3.05) is 0 Å². The first-order chi connectivity index (χ1) is 11.4. The maximum Gasteiger partial charge on any atom is 0.137 e. The molecule has 0 saturated heterocycles. The van der Waals surface area contributed by atoms with E-state index in [1.165, 1.54) is 6.20 Å². The fourth-order valence-corrected chi connectivity index (χ4v) is 2.83. The van der Waals surface area contributed by atoms with E-state index < -0.39 is 5.82 Å². The number of hydrogen-bond acceptors (Lipinski definition) is 2. The molecule has 0 amide bonds. The minimum absolute atomic E-state index is 0.162. The van der Waals surface area contributed by atoms with Crippen molar-refractivity contribution in [2.45, 2.75) is 19.9 Å². The lowest BCUT2D eigenvalue weighted by Gasteiger charge is -2.24. The van der Waals surface area contributed by atoms with Gasteiger partial charge in [0.1, 0.15) is 13.7 Å². The topological polar surface area (TPSA) is 24.9 Å². The van der Waals surface area contributed by atoms with E-state index in [0.717, 1.165) is 0 Å². The van der Waals surface area contributed by atoms with Gasteiger partial charge in [0.15, 0.2) is 0 Å². The number of aromatic nitrogens is 1. The lowest BCUT2D eigenvalue weighted by molar-refractivity contribution is 0.437. The van der Waals surface area contributed by atoms with Crippen molar-refractivity contribution in [1.82, 2.24) is 10.3 Å². The molecule has 0 aliphatic rings. The zero-order valence-electron chi connectivity index (χ0n) is 13.8. The van der Waals surface area contributed by atoms with Gasteiger partial charge in [0.25, 0.3) is 0 Å². The summed E-state index contributed by atoms with van der Waals surface area (Å²) in [5.41, 5.74) is 2.24. The number of nitrogens with zero attached hydrogens (tertiary/aromatic N) is 1. The number of pyridine rings is 1. The van der Waals surface area contributed by atoms with Gasteiger partial charge in [0.05, 0.1) is 16.8 Å². The van der Waals surface area contributed by atoms with Crippen LogP contribution in [0.25, 0.3) is 5.57 Å². The van der Waals surface area contributed by atoms with Gasteiger partial charge in [0.2, 0.25) is 0 Å². The Balaban J connectivity index is 2.54. The Kier molecular flexibility index (Phi) is 5.84. The van der Waals surface area contributed by atoms with E-state index in [1.807, 2.05) is 13.8 Å². The number of benzene rings is 1. The molecular formula is C19H19BClFN2. The highest BCUT2D eigenvalue weighted by molar-refractivity contribution is 6.33. The molecule has 1 aromatic heterocycles. The van der Waals surface area contributed by atoms with E-state index in [2.05, 4.69) is 23.5 Å². The summed E-state index contributed by atoms with van der Waals surface area (Å²) in [4.78, 5) is 4.20. The second-order valence-electron chi connectivity index (χ2n) is 5.87.